The van der Waals surface area contributed by atoms with Crippen LogP contribution in [0.15, 0.2) is 0 Å². The Morgan fingerprint density at radius 3 is 1.55 bits per heavy atom. The first-order valence-electron chi connectivity index (χ1n) is 6.92. The van der Waals surface area contributed by atoms with Crippen molar-refractivity contribution in [3.8, 4) is 0 Å². The molecule has 0 heterocycles. The maximum absolute atomic E-state index is 10.5. The molecule has 6 nitrogen and oxygen atoms in total. The molecular formula is C13H28O6Si. The third-order valence-electron chi connectivity index (χ3n) is 2.04. The van der Waals surface area contributed by atoms with Crippen molar-refractivity contribution < 1.29 is 28.2 Å². The van der Waals surface area contributed by atoms with E-state index in [-0.39, 0.29) is 12.6 Å². The predicted molar refractivity (Wildman–Crippen MR) is 78.4 cm³/mol. The zero-order valence-electron chi connectivity index (χ0n) is 13.1. The van der Waals surface area contributed by atoms with Crippen LogP contribution in [0.25, 0.3) is 0 Å². The molecule has 0 aliphatic carbocycles. The molecule has 0 amide bonds. The molecule has 0 rings (SSSR count). The van der Waals surface area contributed by atoms with Gasteiger partial charge in [-0.15, -0.1) is 0 Å². The lowest BCUT2D eigenvalue weighted by atomic mass is 10.7. The Kier molecular flexibility index (Phi) is 12.0. The molecule has 0 N–H and O–H groups in total. The number of hydrogen-bond acceptors (Lipinski definition) is 6. The van der Waals surface area contributed by atoms with Crippen molar-refractivity contribution in [1.82, 2.24) is 0 Å². The Labute approximate surface area is 122 Å². The van der Waals surface area contributed by atoms with Crippen molar-refractivity contribution in [1.29, 1.82) is 0 Å². The quantitative estimate of drug-likeness (QED) is 0.291. The van der Waals surface area contributed by atoms with Gasteiger partial charge in [0, 0.05) is 6.92 Å². The minimum Gasteiger partial charge on any atom is -0.463 e. The van der Waals surface area contributed by atoms with Crippen LogP contribution in [0.5, 0.6) is 0 Å². The summed E-state index contributed by atoms with van der Waals surface area (Å²) in [5, 5.41) is 0. The first-order chi connectivity index (χ1) is 9.42. The van der Waals surface area contributed by atoms with Crippen LogP contribution in [0.2, 0.25) is 19.6 Å². The SMILES string of the molecule is CC(=O)OCCOCCOCCOCCO[Si](C)(C)C. The van der Waals surface area contributed by atoms with E-state index in [1.807, 2.05) is 0 Å². The molecule has 0 aromatic rings. The van der Waals surface area contributed by atoms with Gasteiger partial charge in [-0.2, -0.15) is 0 Å². The van der Waals surface area contributed by atoms with Crippen molar-refractivity contribution in [3.63, 3.8) is 0 Å². The van der Waals surface area contributed by atoms with Crippen LogP contribution in [-0.4, -0.2) is 67.1 Å². The Bertz CT molecular complexity index is 242. The molecule has 0 radical (unpaired) electrons. The van der Waals surface area contributed by atoms with E-state index >= 15 is 0 Å². The van der Waals surface area contributed by atoms with Gasteiger partial charge in [0.1, 0.15) is 6.61 Å². The van der Waals surface area contributed by atoms with E-state index in [1.165, 1.54) is 6.92 Å². The van der Waals surface area contributed by atoms with Gasteiger partial charge in [-0.25, -0.2) is 0 Å². The molecule has 0 atom stereocenters. The zero-order chi connectivity index (χ0) is 15.3. The summed E-state index contributed by atoms with van der Waals surface area (Å²) in [5.41, 5.74) is 0. The smallest absolute Gasteiger partial charge is 0.302 e. The fourth-order valence-corrected chi connectivity index (χ4v) is 1.89. The van der Waals surface area contributed by atoms with Gasteiger partial charge >= 0.3 is 5.97 Å². The predicted octanol–water partition coefficient (Wildman–Crippen LogP) is 1.45. The lowest BCUT2D eigenvalue weighted by molar-refractivity contribution is -0.142. The van der Waals surface area contributed by atoms with Gasteiger partial charge < -0.3 is 23.4 Å². The molecule has 0 saturated heterocycles. The highest BCUT2D eigenvalue weighted by molar-refractivity contribution is 6.69. The molecule has 0 saturated carbocycles. The van der Waals surface area contributed by atoms with Gasteiger partial charge in [-0.3, -0.25) is 4.79 Å². The molecule has 7 heteroatoms. The summed E-state index contributed by atoms with van der Waals surface area (Å²) in [7, 11) is -1.42. The van der Waals surface area contributed by atoms with Crippen molar-refractivity contribution in [2.24, 2.45) is 0 Å². The Balaban J connectivity index is 3.05. The first kappa shape index (κ1) is 19.5. The lowest BCUT2D eigenvalue weighted by Gasteiger charge is -2.16. The molecule has 20 heavy (non-hydrogen) atoms. The lowest BCUT2D eigenvalue weighted by Crippen LogP contribution is -2.27. The number of carbonyl (C=O) groups is 1. The summed E-state index contributed by atoms with van der Waals surface area (Å²) in [5.74, 6) is -0.292. The van der Waals surface area contributed by atoms with E-state index < -0.39 is 8.32 Å². The topological polar surface area (TPSA) is 63.2 Å². The first-order valence-corrected chi connectivity index (χ1v) is 10.3. The Morgan fingerprint density at radius 1 is 0.750 bits per heavy atom. The standard InChI is InChI=1S/C13H28O6Si/c1-13(14)18-11-9-16-7-5-15-6-8-17-10-12-19-20(2,3)4/h5-12H2,1-4H3. The second-order valence-corrected chi connectivity index (χ2v) is 9.65. The molecule has 0 fully saturated rings. The van der Waals surface area contributed by atoms with Crippen LogP contribution in [0, 0.1) is 0 Å². The van der Waals surface area contributed by atoms with E-state index in [1.54, 1.807) is 0 Å². The minimum atomic E-state index is -1.42. The maximum atomic E-state index is 10.5. The molecule has 0 aliphatic rings. The monoisotopic (exact) mass is 308 g/mol. The number of ether oxygens (including phenoxy) is 4. The third-order valence-corrected chi connectivity index (χ3v) is 3.11. The molecule has 0 aromatic heterocycles. The third kappa shape index (κ3) is 17.5. The molecule has 0 spiro atoms. The normalized spacial score (nSPS) is 11.6. The van der Waals surface area contributed by atoms with Crippen LogP contribution < -0.4 is 0 Å². The molecule has 0 aliphatic heterocycles. The highest BCUT2D eigenvalue weighted by Gasteiger charge is 2.12. The van der Waals surface area contributed by atoms with Crippen LogP contribution in [-0.2, 0) is 28.2 Å². The second-order valence-electron chi connectivity index (χ2n) is 5.14. The van der Waals surface area contributed by atoms with E-state index in [0.717, 1.165) is 0 Å². The molecule has 0 unspecified atom stereocenters. The summed E-state index contributed by atoms with van der Waals surface area (Å²) in [6.07, 6.45) is 0. The van der Waals surface area contributed by atoms with Crippen molar-refractivity contribution >= 4 is 14.3 Å². The zero-order valence-corrected chi connectivity index (χ0v) is 14.1. The molecular weight excluding hydrogens is 280 g/mol. The highest BCUT2D eigenvalue weighted by Crippen LogP contribution is 2.01. The Morgan fingerprint density at radius 2 is 1.15 bits per heavy atom. The molecule has 0 aromatic carbocycles. The van der Waals surface area contributed by atoms with Crippen molar-refractivity contribution in [2.75, 3.05) is 52.9 Å². The van der Waals surface area contributed by atoms with Crippen LogP contribution in [0.1, 0.15) is 6.92 Å². The van der Waals surface area contributed by atoms with Crippen molar-refractivity contribution in [2.45, 2.75) is 26.6 Å². The second kappa shape index (κ2) is 12.3. The van der Waals surface area contributed by atoms with Gasteiger partial charge in [-0.05, 0) is 19.6 Å². The van der Waals surface area contributed by atoms with Gasteiger partial charge in [-0.1, -0.05) is 0 Å². The van der Waals surface area contributed by atoms with E-state index in [2.05, 4.69) is 19.6 Å². The fraction of sp³-hybridized carbons (Fsp3) is 0.923. The van der Waals surface area contributed by atoms with Crippen LogP contribution in [0.3, 0.4) is 0 Å². The molecule has 0 bridgehead atoms. The van der Waals surface area contributed by atoms with Crippen LogP contribution >= 0.6 is 0 Å². The highest BCUT2D eigenvalue weighted by atomic mass is 28.4. The summed E-state index contributed by atoms with van der Waals surface area (Å²) in [6.45, 7) is 11.9. The van der Waals surface area contributed by atoms with E-state index in [9.17, 15) is 4.79 Å². The maximum Gasteiger partial charge on any atom is 0.302 e. The van der Waals surface area contributed by atoms with Gasteiger partial charge in [0.25, 0.3) is 0 Å². The fourth-order valence-electron chi connectivity index (χ4n) is 1.19. The largest absolute Gasteiger partial charge is 0.463 e. The average molecular weight is 308 g/mol. The van der Waals surface area contributed by atoms with Crippen LogP contribution in [0.4, 0.5) is 0 Å². The summed E-state index contributed by atoms with van der Waals surface area (Å²) in [6, 6.07) is 0. The number of carbonyl (C=O) groups excluding carboxylic acids is 1. The van der Waals surface area contributed by atoms with Gasteiger partial charge in [0.15, 0.2) is 8.32 Å². The van der Waals surface area contributed by atoms with E-state index in [4.69, 9.17) is 23.4 Å². The van der Waals surface area contributed by atoms with Gasteiger partial charge in [0.05, 0.1) is 46.2 Å². The van der Waals surface area contributed by atoms with E-state index in [0.29, 0.717) is 46.2 Å². The minimum absolute atomic E-state index is 0.287. The average Bonchev–Trinajstić information content (AvgIpc) is 2.33. The number of esters is 1. The number of rotatable bonds is 13. The molecule has 120 valence electrons. The van der Waals surface area contributed by atoms with Crippen molar-refractivity contribution in [3.05, 3.63) is 0 Å². The number of hydrogen-bond donors (Lipinski definition) is 0. The summed E-state index contributed by atoms with van der Waals surface area (Å²) < 4.78 is 26.3. The summed E-state index contributed by atoms with van der Waals surface area (Å²) >= 11 is 0. The Hall–Kier alpha value is -0.473. The summed E-state index contributed by atoms with van der Waals surface area (Å²) in [4.78, 5) is 10.5. The van der Waals surface area contributed by atoms with Gasteiger partial charge in [0.2, 0.25) is 0 Å².